The first-order valence-corrected chi connectivity index (χ1v) is 20.5. The number of unbranched alkanes of at least 4 members (excludes halogenated alkanes) is 19. The number of rotatable bonds is 36. The van der Waals surface area contributed by atoms with Gasteiger partial charge in [-0.25, -0.2) is 0 Å². The molecule has 0 aliphatic carbocycles. The molecule has 0 aromatic carbocycles. The number of hydrogen-bond donors (Lipinski definition) is 0. The second-order valence-electron chi connectivity index (χ2n) is 13.5. The predicted molar refractivity (Wildman–Crippen MR) is 206 cm³/mol. The van der Waals surface area contributed by atoms with Crippen molar-refractivity contribution in [2.75, 3.05) is 13.2 Å². The van der Waals surface area contributed by atoms with Gasteiger partial charge in [-0.15, -0.1) is 0 Å². The van der Waals surface area contributed by atoms with Crippen LogP contribution in [0.5, 0.6) is 0 Å². The van der Waals surface area contributed by atoms with Crippen molar-refractivity contribution in [2.24, 2.45) is 0 Å². The van der Waals surface area contributed by atoms with Crippen molar-refractivity contribution in [1.29, 1.82) is 0 Å². The van der Waals surface area contributed by atoms with E-state index in [2.05, 4.69) is 57.2 Å². The van der Waals surface area contributed by atoms with Gasteiger partial charge in [0.05, 0.1) is 0 Å². The van der Waals surface area contributed by atoms with Crippen molar-refractivity contribution >= 4 is 17.9 Å². The van der Waals surface area contributed by atoms with Crippen LogP contribution in [0.2, 0.25) is 0 Å². The van der Waals surface area contributed by atoms with Crippen molar-refractivity contribution < 1.29 is 28.6 Å². The van der Waals surface area contributed by atoms with Crippen LogP contribution in [0.25, 0.3) is 0 Å². The Balaban J connectivity index is 4.38. The SMILES string of the molecule is CC/C=C\C/C=C\C/C=C\CCCCCC(=O)OCC(COC(=O)CCCCCCCCC)OC(=O)CCCCCCCCCCCCC. The molecule has 0 amide bonds. The summed E-state index contributed by atoms with van der Waals surface area (Å²) in [6.45, 7) is 6.43. The number of hydrogen-bond acceptors (Lipinski definition) is 6. The van der Waals surface area contributed by atoms with Crippen LogP contribution in [0.15, 0.2) is 36.5 Å². The van der Waals surface area contributed by atoms with Crippen LogP contribution in [-0.2, 0) is 28.6 Å². The van der Waals surface area contributed by atoms with Crippen LogP contribution in [0.1, 0.15) is 201 Å². The van der Waals surface area contributed by atoms with Crippen molar-refractivity contribution in [3.05, 3.63) is 36.5 Å². The lowest BCUT2D eigenvalue weighted by molar-refractivity contribution is -0.167. The fourth-order valence-corrected chi connectivity index (χ4v) is 5.57. The molecule has 0 saturated heterocycles. The molecule has 6 nitrogen and oxygen atoms in total. The summed E-state index contributed by atoms with van der Waals surface area (Å²) in [6, 6.07) is 0. The van der Waals surface area contributed by atoms with Crippen molar-refractivity contribution in [3.63, 3.8) is 0 Å². The maximum absolute atomic E-state index is 12.6. The van der Waals surface area contributed by atoms with E-state index < -0.39 is 6.10 Å². The highest BCUT2D eigenvalue weighted by atomic mass is 16.6. The summed E-state index contributed by atoms with van der Waals surface area (Å²) < 4.78 is 16.6. The molecule has 0 aliphatic rings. The minimum atomic E-state index is -0.774. The number of carbonyl (C=O) groups is 3. The van der Waals surface area contributed by atoms with E-state index in [1.165, 1.54) is 77.0 Å². The zero-order chi connectivity index (χ0) is 35.9. The third-order valence-electron chi connectivity index (χ3n) is 8.66. The molecule has 0 bridgehead atoms. The van der Waals surface area contributed by atoms with Gasteiger partial charge >= 0.3 is 17.9 Å². The molecule has 0 spiro atoms. The van der Waals surface area contributed by atoms with E-state index in [1.54, 1.807) is 0 Å². The van der Waals surface area contributed by atoms with Gasteiger partial charge in [-0.2, -0.15) is 0 Å². The quantitative estimate of drug-likeness (QED) is 0.0282. The first-order valence-electron chi connectivity index (χ1n) is 20.5. The average molecular weight is 689 g/mol. The number of allylic oxidation sites excluding steroid dienone is 6. The van der Waals surface area contributed by atoms with Crippen molar-refractivity contribution in [2.45, 2.75) is 207 Å². The van der Waals surface area contributed by atoms with Crippen LogP contribution in [0.4, 0.5) is 0 Å². The molecule has 0 aromatic rings. The molecular formula is C43H76O6. The third kappa shape index (κ3) is 36.7. The lowest BCUT2D eigenvalue weighted by atomic mass is 10.1. The molecular weight excluding hydrogens is 612 g/mol. The zero-order valence-electron chi connectivity index (χ0n) is 32.2. The maximum Gasteiger partial charge on any atom is 0.306 e. The first-order chi connectivity index (χ1) is 24.0. The zero-order valence-corrected chi connectivity index (χ0v) is 32.2. The Kier molecular flexibility index (Phi) is 36.6. The van der Waals surface area contributed by atoms with Crippen molar-refractivity contribution in [3.8, 4) is 0 Å². The predicted octanol–water partition coefficient (Wildman–Crippen LogP) is 12.6. The molecule has 0 radical (unpaired) electrons. The lowest BCUT2D eigenvalue weighted by Crippen LogP contribution is -2.30. The van der Waals surface area contributed by atoms with Gasteiger partial charge in [-0.3, -0.25) is 14.4 Å². The second kappa shape index (κ2) is 38.4. The van der Waals surface area contributed by atoms with Gasteiger partial charge in [0.2, 0.25) is 0 Å². The van der Waals surface area contributed by atoms with Gasteiger partial charge in [0.1, 0.15) is 13.2 Å². The summed E-state index contributed by atoms with van der Waals surface area (Å²) in [5.74, 6) is -0.920. The fourth-order valence-electron chi connectivity index (χ4n) is 5.57. The molecule has 0 heterocycles. The molecule has 1 atom stereocenters. The molecule has 49 heavy (non-hydrogen) atoms. The molecule has 0 N–H and O–H groups in total. The first kappa shape index (κ1) is 46.6. The summed E-state index contributed by atoms with van der Waals surface area (Å²) in [4.78, 5) is 37.4. The van der Waals surface area contributed by atoms with Gasteiger partial charge in [-0.05, 0) is 51.4 Å². The van der Waals surface area contributed by atoms with Gasteiger partial charge < -0.3 is 14.2 Å². The normalized spacial score (nSPS) is 12.3. The van der Waals surface area contributed by atoms with E-state index in [1.807, 2.05) is 0 Å². The summed E-state index contributed by atoms with van der Waals surface area (Å²) in [5.41, 5.74) is 0. The molecule has 6 heteroatoms. The van der Waals surface area contributed by atoms with E-state index in [-0.39, 0.29) is 31.1 Å². The van der Waals surface area contributed by atoms with Crippen molar-refractivity contribution in [1.82, 2.24) is 0 Å². The highest BCUT2D eigenvalue weighted by Gasteiger charge is 2.19. The minimum absolute atomic E-state index is 0.0798. The minimum Gasteiger partial charge on any atom is -0.462 e. The molecule has 1 unspecified atom stereocenters. The number of esters is 3. The molecule has 0 aromatic heterocycles. The molecule has 0 aliphatic heterocycles. The highest BCUT2D eigenvalue weighted by Crippen LogP contribution is 2.14. The van der Waals surface area contributed by atoms with Crippen LogP contribution < -0.4 is 0 Å². The second-order valence-corrected chi connectivity index (χ2v) is 13.5. The molecule has 0 fully saturated rings. The molecule has 0 saturated carbocycles. The van der Waals surface area contributed by atoms with Gasteiger partial charge in [0, 0.05) is 19.3 Å². The highest BCUT2D eigenvalue weighted by molar-refractivity contribution is 5.71. The number of ether oxygens (including phenoxy) is 3. The van der Waals surface area contributed by atoms with Crippen LogP contribution in [0.3, 0.4) is 0 Å². The Morgan fingerprint density at radius 1 is 0.429 bits per heavy atom. The van der Waals surface area contributed by atoms with Crippen LogP contribution >= 0.6 is 0 Å². The van der Waals surface area contributed by atoms with Crippen LogP contribution in [-0.4, -0.2) is 37.2 Å². The Morgan fingerprint density at radius 3 is 1.24 bits per heavy atom. The summed E-state index contributed by atoms with van der Waals surface area (Å²) in [5, 5.41) is 0. The van der Waals surface area contributed by atoms with E-state index in [0.717, 1.165) is 83.5 Å². The lowest BCUT2D eigenvalue weighted by Gasteiger charge is -2.18. The van der Waals surface area contributed by atoms with Gasteiger partial charge in [0.25, 0.3) is 0 Å². The third-order valence-corrected chi connectivity index (χ3v) is 8.66. The van der Waals surface area contributed by atoms with E-state index in [9.17, 15) is 14.4 Å². The summed E-state index contributed by atoms with van der Waals surface area (Å²) in [6.07, 6.45) is 41.4. The average Bonchev–Trinajstić information content (AvgIpc) is 3.10. The topological polar surface area (TPSA) is 78.9 Å². The largest absolute Gasteiger partial charge is 0.462 e. The Hall–Kier alpha value is -2.37. The van der Waals surface area contributed by atoms with E-state index in [0.29, 0.717) is 19.3 Å². The maximum atomic E-state index is 12.6. The van der Waals surface area contributed by atoms with Gasteiger partial charge in [0.15, 0.2) is 6.10 Å². The Morgan fingerprint density at radius 2 is 0.796 bits per heavy atom. The number of carbonyl (C=O) groups excluding carboxylic acids is 3. The van der Waals surface area contributed by atoms with E-state index in [4.69, 9.17) is 14.2 Å². The summed E-state index contributed by atoms with van der Waals surface area (Å²) in [7, 11) is 0. The van der Waals surface area contributed by atoms with Crippen LogP contribution in [0, 0.1) is 0 Å². The fraction of sp³-hybridized carbons (Fsp3) is 0.791. The van der Waals surface area contributed by atoms with Gasteiger partial charge in [-0.1, -0.05) is 166 Å². The van der Waals surface area contributed by atoms with E-state index >= 15 is 0 Å². The standard InChI is InChI=1S/C43H76O6/c1-4-7-10-13-16-18-20-21-23-24-27-30-33-36-42(45)48-39-40(38-47-41(44)35-32-29-26-15-12-9-6-3)49-43(46)37-34-31-28-25-22-19-17-14-11-8-5-2/h7,10,16,18,21,23,40H,4-6,8-9,11-15,17,19-20,22,24-39H2,1-3H3/b10-7-,18-16-,23-21-. The Bertz CT molecular complexity index is 845. The molecule has 0 rings (SSSR count). The smallest absolute Gasteiger partial charge is 0.306 e. The Labute approximate surface area is 302 Å². The molecule has 284 valence electrons. The summed E-state index contributed by atoms with van der Waals surface area (Å²) >= 11 is 0. The monoisotopic (exact) mass is 689 g/mol.